The maximum absolute atomic E-state index is 14.2. The van der Waals surface area contributed by atoms with Gasteiger partial charge in [-0.15, -0.1) is 0 Å². The van der Waals surface area contributed by atoms with Crippen LogP contribution >= 0.6 is 15.9 Å². The Morgan fingerprint density at radius 1 is 1.56 bits per heavy atom. The van der Waals surface area contributed by atoms with E-state index in [1.54, 1.807) is 6.92 Å². The summed E-state index contributed by atoms with van der Waals surface area (Å²) in [5, 5.41) is 3.12. The number of piperidine rings is 1. The lowest BCUT2D eigenvalue weighted by molar-refractivity contribution is 0.0712. The second kappa shape index (κ2) is 4.84. The predicted octanol–water partition coefficient (Wildman–Crippen LogP) is 3.33. The molecule has 0 saturated carbocycles. The van der Waals surface area contributed by atoms with Crippen LogP contribution in [0.1, 0.15) is 18.9 Å². The van der Waals surface area contributed by atoms with Crippen molar-refractivity contribution in [3.63, 3.8) is 0 Å². The Bertz CT molecular complexity index is 365. The van der Waals surface area contributed by atoms with Crippen LogP contribution in [0.15, 0.2) is 28.7 Å². The summed E-state index contributed by atoms with van der Waals surface area (Å²) in [4.78, 5) is 0. The van der Waals surface area contributed by atoms with E-state index in [9.17, 15) is 4.39 Å². The number of hydrogen-bond acceptors (Lipinski definition) is 1. The standard InChI is InChI=1S/C13H17BrFN/c1-13(15)9-16-6-5-11(13)7-10-3-2-4-12(14)8-10/h2-4,8,11,16H,5-7,9H2,1H3. The minimum atomic E-state index is -1.08. The lowest BCUT2D eigenvalue weighted by Gasteiger charge is -2.35. The first-order chi connectivity index (χ1) is 7.58. The molecule has 1 heterocycles. The molecule has 0 aliphatic carbocycles. The molecule has 3 heteroatoms. The Morgan fingerprint density at radius 3 is 3.06 bits per heavy atom. The minimum Gasteiger partial charge on any atom is -0.314 e. The second-order valence-corrected chi connectivity index (χ2v) is 5.69. The molecule has 0 aromatic heterocycles. The summed E-state index contributed by atoms with van der Waals surface area (Å²) >= 11 is 3.45. The molecule has 1 aliphatic rings. The topological polar surface area (TPSA) is 12.0 Å². The van der Waals surface area contributed by atoms with Crippen LogP contribution in [0.25, 0.3) is 0 Å². The van der Waals surface area contributed by atoms with E-state index in [1.165, 1.54) is 5.56 Å². The van der Waals surface area contributed by atoms with Crippen LogP contribution in [0.3, 0.4) is 0 Å². The molecular formula is C13H17BrFN. The molecule has 1 saturated heterocycles. The van der Waals surface area contributed by atoms with E-state index in [0.29, 0.717) is 6.54 Å². The van der Waals surface area contributed by atoms with Gasteiger partial charge in [0, 0.05) is 11.0 Å². The van der Waals surface area contributed by atoms with E-state index in [-0.39, 0.29) is 5.92 Å². The first-order valence-electron chi connectivity index (χ1n) is 5.72. The van der Waals surface area contributed by atoms with Gasteiger partial charge in [-0.25, -0.2) is 4.39 Å². The highest BCUT2D eigenvalue weighted by Gasteiger charge is 2.36. The minimum absolute atomic E-state index is 0.128. The van der Waals surface area contributed by atoms with Crippen molar-refractivity contribution in [1.82, 2.24) is 5.32 Å². The van der Waals surface area contributed by atoms with Gasteiger partial charge in [-0.05, 0) is 49.9 Å². The number of alkyl halides is 1. The normalized spacial score (nSPS) is 30.3. The van der Waals surface area contributed by atoms with Gasteiger partial charge >= 0.3 is 0 Å². The average molecular weight is 286 g/mol. The summed E-state index contributed by atoms with van der Waals surface area (Å²) in [6, 6.07) is 8.16. The Kier molecular flexibility index (Phi) is 3.65. The van der Waals surface area contributed by atoms with Crippen LogP contribution in [0.5, 0.6) is 0 Å². The van der Waals surface area contributed by atoms with Gasteiger partial charge in [-0.1, -0.05) is 28.1 Å². The smallest absolute Gasteiger partial charge is 0.123 e. The lowest BCUT2D eigenvalue weighted by Crippen LogP contribution is -2.47. The predicted molar refractivity (Wildman–Crippen MR) is 68.3 cm³/mol. The first-order valence-corrected chi connectivity index (χ1v) is 6.51. The van der Waals surface area contributed by atoms with Crippen molar-refractivity contribution >= 4 is 15.9 Å². The van der Waals surface area contributed by atoms with Crippen molar-refractivity contribution in [2.75, 3.05) is 13.1 Å². The molecule has 0 radical (unpaired) electrons. The van der Waals surface area contributed by atoms with Crippen LogP contribution in [-0.4, -0.2) is 18.8 Å². The number of halogens is 2. The van der Waals surface area contributed by atoms with E-state index in [1.807, 2.05) is 12.1 Å². The Balaban J connectivity index is 2.08. The second-order valence-electron chi connectivity index (χ2n) is 4.77. The molecule has 0 bridgehead atoms. The molecule has 0 amide bonds. The molecular weight excluding hydrogens is 269 g/mol. The summed E-state index contributed by atoms with van der Waals surface area (Å²) in [5.74, 6) is 0.128. The summed E-state index contributed by atoms with van der Waals surface area (Å²) in [6.07, 6.45) is 1.74. The van der Waals surface area contributed by atoms with E-state index in [4.69, 9.17) is 0 Å². The molecule has 2 unspecified atom stereocenters. The molecule has 1 aromatic rings. The molecule has 1 nitrogen and oxygen atoms in total. The van der Waals surface area contributed by atoms with Crippen molar-refractivity contribution in [2.24, 2.45) is 5.92 Å². The van der Waals surface area contributed by atoms with E-state index in [2.05, 4.69) is 33.4 Å². The molecule has 1 aliphatic heterocycles. The van der Waals surface area contributed by atoms with Crippen LogP contribution in [0, 0.1) is 5.92 Å². The van der Waals surface area contributed by atoms with Crippen molar-refractivity contribution in [3.8, 4) is 0 Å². The molecule has 1 aromatic carbocycles. The number of hydrogen-bond donors (Lipinski definition) is 1. The molecule has 88 valence electrons. The third-order valence-corrected chi connectivity index (χ3v) is 3.86. The fourth-order valence-corrected chi connectivity index (χ4v) is 2.76. The van der Waals surface area contributed by atoms with Gasteiger partial charge in [0.05, 0.1) is 0 Å². The van der Waals surface area contributed by atoms with Crippen molar-refractivity contribution in [3.05, 3.63) is 34.3 Å². The molecule has 2 atom stereocenters. The number of nitrogens with one attached hydrogen (secondary N) is 1. The first kappa shape index (κ1) is 12.1. The molecule has 0 spiro atoms. The lowest BCUT2D eigenvalue weighted by atomic mass is 9.81. The van der Waals surface area contributed by atoms with E-state index >= 15 is 0 Å². The van der Waals surface area contributed by atoms with Gasteiger partial charge in [0.1, 0.15) is 5.67 Å². The van der Waals surface area contributed by atoms with Gasteiger partial charge < -0.3 is 5.32 Å². The highest BCUT2D eigenvalue weighted by atomic mass is 79.9. The zero-order chi connectivity index (χ0) is 11.6. The van der Waals surface area contributed by atoms with Gasteiger partial charge in [0.25, 0.3) is 0 Å². The van der Waals surface area contributed by atoms with Gasteiger partial charge in [0.2, 0.25) is 0 Å². The maximum Gasteiger partial charge on any atom is 0.123 e. The van der Waals surface area contributed by atoms with Gasteiger partial charge in [-0.2, -0.15) is 0 Å². The van der Waals surface area contributed by atoms with E-state index in [0.717, 1.165) is 23.9 Å². The third-order valence-electron chi connectivity index (χ3n) is 3.36. The Labute approximate surface area is 105 Å². The highest BCUT2D eigenvalue weighted by molar-refractivity contribution is 9.10. The van der Waals surface area contributed by atoms with Gasteiger partial charge in [0.15, 0.2) is 0 Å². The molecule has 2 rings (SSSR count). The summed E-state index contributed by atoms with van der Waals surface area (Å²) < 4.78 is 15.3. The van der Waals surface area contributed by atoms with Crippen LogP contribution in [0.4, 0.5) is 4.39 Å². The average Bonchev–Trinajstić information content (AvgIpc) is 2.21. The van der Waals surface area contributed by atoms with Gasteiger partial charge in [-0.3, -0.25) is 0 Å². The summed E-state index contributed by atoms with van der Waals surface area (Å²) in [5.41, 5.74) is 0.130. The van der Waals surface area contributed by atoms with Crippen molar-refractivity contribution < 1.29 is 4.39 Å². The molecule has 16 heavy (non-hydrogen) atoms. The largest absolute Gasteiger partial charge is 0.314 e. The highest BCUT2D eigenvalue weighted by Crippen LogP contribution is 2.30. The summed E-state index contributed by atoms with van der Waals surface area (Å²) in [7, 11) is 0. The molecule has 1 N–H and O–H groups in total. The van der Waals surface area contributed by atoms with Crippen LogP contribution < -0.4 is 5.32 Å². The van der Waals surface area contributed by atoms with Crippen molar-refractivity contribution in [2.45, 2.75) is 25.4 Å². The van der Waals surface area contributed by atoms with Crippen molar-refractivity contribution in [1.29, 1.82) is 0 Å². The maximum atomic E-state index is 14.2. The zero-order valence-electron chi connectivity index (χ0n) is 9.47. The Hall–Kier alpha value is -0.410. The fourth-order valence-electron chi connectivity index (χ4n) is 2.32. The third kappa shape index (κ3) is 2.83. The number of benzene rings is 1. The summed E-state index contributed by atoms with van der Waals surface area (Å²) in [6.45, 7) is 3.12. The van der Waals surface area contributed by atoms with Crippen LogP contribution in [-0.2, 0) is 6.42 Å². The number of rotatable bonds is 2. The SMILES string of the molecule is CC1(F)CNCCC1Cc1cccc(Br)c1. The van der Waals surface area contributed by atoms with E-state index < -0.39 is 5.67 Å². The monoisotopic (exact) mass is 285 g/mol. The molecule has 1 fully saturated rings. The fraction of sp³-hybridized carbons (Fsp3) is 0.538. The zero-order valence-corrected chi connectivity index (χ0v) is 11.1. The van der Waals surface area contributed by atoms with Crippen LogP contribution in [0.2, 0.25) is 0 Å². The Morgan fingerprint density at radius 2 is 2.38 bits per heavy atom. The quantitative estimate of drug-likeness (QED) is 0.879.